The molecule has 0 saturated carbocycles. The molecule has 2 amide bonds. The van der Waals surface area contributed by atoms with Gasteiger partial charge in [0.25, 0.3) is 5.91 Å². The number of nitrogens with one attached hydrogen (secondary N) is 1. The number of benzene rings is 1. The number of hydrogen-bond acceptors (Lipinski definition) is 8. The molecule has 0 spiro atoms. The van der Waals surface area contributed by atoms with Crippen LogP contribution in [0.2, 0.25) is 0 Å². The molecule has 2 fully saturated rings. The number of carbonyl (C=O) groups is 3. The van der Waals surface area contributed by atoms with Crippen LogP contribution in [0.4, 0.5) is 13.2 Å². The van der Waals surface area contributed by atoms with Crippen LogP contribution in [-0.2, 0) is 9.59 Å². The fourth-order valence-corrected chi connectivity index (χ4v) is 4.74. The van der Waals surface area contributed by atoms with Crippen molar-refractivity contribution >= 4 is 17.8 Å². The van der Waals surface area contributed by atoms with Gasteiger partial charge in [-0.25, -0.2) is 4.79 Å². The monoisotopic (exact) mass is 576 g/mol. The van der Waals surface area contributed by atoms with Gasteiger partial charge in [-0.3, -0.25) is 14.5 Å². The number of amides is 2. The van der Waals surface area contributed by atoms with Gasteiger partial charge in [0, 0.05) is 57.3 Å². The second-order valence-corrected chi connectivity index (χ2v) is 9.27. The molecule has 1 unspecified atom stereocenters. The second kappa shape index (κ2) is 15.5. The third kappa shape index (κ3) is 9.15. The number of rotatable bonds is 10. The van der Waals surface area contributed by atoms with Crippen LogP contribution in [0.25, 0.3) is 0 Å². The summed E-state index contributed by atoms with van der Waals surface area (Å²) in [7, 11) is 4.61. The maximum atomic E-state index is 13.7. The molecule has 40 heavy (non-hydrogen) atoms. The number of likely N-dealkylation sites (N-methyl/N-ethyl adjacent to an activating group) is 1. The number of aliphatic carboxylic acids is 1. The summed E-state index contributed by atoms with van der Waals surface area (Å²) in [6, 6.07) is 3.66. The molecular formula is C26H39F3N4O7. The topological polar surface area (TPSA) is 121 Å². The highest BCUT2D eigenvalue weighted by molar-refractivity contribution is 5.96. The molecule has 1 atom stereocenters. The molecule has 0 bridgehead atoms. The zero-order valence-corrected chi connectivity index (χ0v) is 23.4. The van der Waals surface area contributed by atoms with Crippen LogP contribution in [0, 0.1) is 0 Å². The van der Waals surface area contributed by atoms with Gasteiger partial charge in [0.05, 0.1) is 21.3 Å². The number of alkyl halides is 3. The van der Waals surface area contributed by atoms with Gasteiger partial charge in [0.15, 0.2) is 11.5 Å². The Balaban J connectivity index is 0.000000708. The van der Waals surface area contributed by atoms with Gasteiger partial charge in [0.1, 0.15) is 0 Å². The molecule has 1 aromatic carbocycles. The highest BCUT2D eigenvalue weighted by atomic mass is 19.4. The largest absolute Gasteiger partial charge is 0.493 e. The molecule has 2 saturated heterocycles. The summed E-state index contributed by atoms with van der Waals surface area (Å²) >= 11 is 0. The Hall–Kier alpha value is -3.26. The number of ether oxygens (including phenoxy) is 3. The van der Waals surface area contributed by atoms with E-state index in [1.54, 1.807) is 12.1 Å². The summed E-state index contributed by atoms with van der Waals surface area (Å²) in [5.41, 5.74) is 0.458. The van der Waals surface area contributed by atoms with E-state index in [1.165, 1.54) is 21.3 Å². The normalized spacial score (nSPS) is 17.5. The molecule has 2 N–H and O–H groups in total. The van der Waals surface area contributed by atoms with E-state index in [-0.39, 0.29) is 11.8 Å². The molecule has 0 radical (unpaired) electrons. The van der Waals surface area contributed by atoms with E-state index < -0.39 is 12.1 Å². The lowest BCUT2D eigenvalue weighted by atomic mass is 10.1. The van der Waals surface area contributed by atoms with Crippen molar-refractivity contribution in [2.45, 2.75) is 38.4 Å². The van der Waals surface area contributed by atoms with E-state index in [1.807, 2.05) is 9.80 Å². The SMILES string of the molecule is CCN1CCCC1CN(CCC(=O)N1CCNCC1)C(=O)c1cc(OC)c(OC)c(OC)c1.O=C(O)C(F)(F)F. The highest BCUT2D eigenvalue weighted by Gasteiger charge is 2.38. The third-order valence-corrected chi connectivity index (χ3v) is 6.84. The molecular weight excluding hydrogens is 537 g/mol. The molecule has 11 nitrogen and oxygen atoms in total. The van der Waals surface area contributed by atoms with Crippen molar-refractivity contribution in [3.63, 3.8) is 0 Å². The molecule has 0 aliphatic carbocycles. The van der Waals surface area contributed by atoms with Crippen LogP contribution in [0.3, 0.4) is 0 Å². The van der Waals surface area contributed by atoms with Gasteiger partial charge in [0.2, 0.25) is 11.7 Å². The summed E-state index contributed by atoms with van der Waals surface area (Å²) in [5, 5.41) is 10.4. The van der Waals surface area contributed by atoms with Gasteiger partial charge in [-0.15, -0.1) is 0 Å². The molecule has 3 rings (SSSR count). The van der Waals surface area contributed by atoms with Crippen molar-refractivity contribution in [3.8, 4) is 17.2 Å². The number of halogens is 3. The predicted molar refractivity (Wildman–Crippen MR) is 140 cm³/mol. The van der Waals surface area contributed by atoms with Crippen molar-refractivity contribution < 1.29 is 46.9 Å². The average Bonchev–Trinajstić information content (AvgIpc) is 3.41. The zero-order chi connectivity index (χ0) is 29.9. The molecule has 0 aromatic heterocycles. The molecule has 226 valence electrons. The first-order chi connectivity index (χ1) is 19.0. The Morgan fingerprint density at radius 1 is 1.05 bits per heavy atom. The lowest BCUT2D eigenvalue weighted by Gasteiger charge is -2.32. The Morgan fingerprint density at radius 3 is 2.10 bits per heavy atom. The quantitative estimate of drug-likeness (QED) is 0.431. The van der Waals surface area contributed by atoms with Gasteiger partial charge >= 0.3 is 12.1 Å². The van der Waals surface area contributed by atoms with E-state index in [4.69, 9.17) is 24.1 Å². The maximum absolute atomic E-state index is 13.7. The summed E-state index contributed by atoms with van der Waals surface area (Å²) in [5.74, 6) is -1.47. The summed E-state index contributed by atoms with van der Waals surface area (Å²) in [4.78, 5) is 41.5. The molecule has 2 heterocycles. The Kier molecular flexibility index (Phi) is 12.8. The van der Waals surface area contributed by atoms with E-state index >= 15 is 0 Å². The minimum absolute atomic E-state index is 0.0953. The molecule has 14 heteroatoms. The van der Waals surface area contributed by atoms with Crippen molar-refractivity contribution in [3.05, 3.63) is 17.7 Å². The summed E-state index contributed by atoms with van der Waals surface area (Å²) < 4.78 is 48.0. The number of hydrogen-bond donors (Lipinski definition) is 2. The minimum Gasteiger partial charge on any atom is -0.493 e. The Morgan fingerprint density at radius 2 is 1.62 bits per heavy atom. The van der Waals surface area contributed by atoms with Crippen LogP contribution in [0.15, 0.2) is 12.1 Å². The first-order valence-corrected chi connectivity index (χ1v) is 13.1. The number of carboxylic acids is 1. The lowest BCUT2D eigenvalue weighted by Crippen LogP contribution is -2.48. The zero-order valence-electron chi connectivity index (χ0n) is 23.4. The van der Waals surface area contributed by atoms with Gasteiger partial charge in [-0.2, -0.15) is 13.2 Å². The van der Waals surface area contributed by atoms with Crippen LogP contribution < -0.4 is 19.5 Å². The summed E-state index contributed by atoms with van der Waals surface area (Å²) in [6.45, 7) is 8.18. The maximum Gasteiger partial charge on any atom is 0.490 e. The van der Waals surface area contributed by atoms with Gasteiger partial charge < -0.3 is 34.4 Å². The van der Waals surface area contributed by atoms with Crippen molar-refractivity contribution in [2.24, 2.45) is 0 Å². The summed E-state index contributed by atoms with van der Waals surface area (Å²) in [6.07, 6.45) is -2.59. The first kappa shape index (κ1) is 32.9. The van der Waals surface area contributed by atoms with Gasteiger partial charge in [-0.1, -0.05) is 6.92 Å². The van der Waals surface area contributed by atoms with E-state index in [9.17, 15) is 22.8 Å². The van der Waals surface area contributed by atoms with Crippen molar-refractivity contribution in [2.75, 3.05) is 73.7 Å². The Bertz CT molecular complexity index is 978. The Labute approximate surface area is 232 Å². The number of carboxylic acid groups (broad SMARTS) is 1. The molecule has 2 aliphatic heterocycles. The highest BCUT2D eigenvalue weighted by Crippen LogP contribution is 2.38. The predicted octanol–water partition coefficient (Wildman–Crippen LogP) is 2.09. The lowest BCUT2D eigenvalue weighted by molar-refractivity contribution is -0.192. The average molecular weight is 577 g/mol. The first-order valence-electron chi connectivity index (χ1n) is 13.1. The number of piperazine rings is 1. The standard InChI is InChI=1S/C24H38N4O5.C2HF3O2/c1-5-26-11-6-7-19(26)17-28(12-8-22(29)27-13-9-25-10-14-27)24(30)18-15-20(31-2)23(33-4)21(16-18)32-3;3-2(4,5)1(6)7/h15-16,19,25H,5-14,17H2,1-4H3;(H,6,7). The van der Waals surface area contributed by atoms with E-state index in [0.717, 1.165) is 39.0 Å². The van der Waals surface area contributed by atoms with Crippen LogP contribution in [0.5, 0.6) is 17.2 Å². The number of nitrogens with zero attached hydrogens (tertiary/aromatic N) is 3. The smallest absolute Gasteiger partial charge is 0.490 e. The van der Waals surface area contributed by atoms with E-state index in [0.29, 0.717) is 61.5 Å². The van der Waals surface area contributed by atoms with Gasteiger partial charge in [-0.05, 0) is 38.1 Å². The van der Waals surface area contributed by atoms with E-state index in [2.05, 4.69) is 17.1 Å². The molecule has 2 aliphatic rings. The molecule has 1 aromatic rings. The number of methoxy groups -OCH3 is 3. The number of likely N-dealkylation sites (tertiary alicyclic amines) is 1. The third-order valence-electron chi connectivity index (χ3n) is 6.84. The minimum atomic E-state index is -5.08. The number of carbonyl (C=O) groups excluding carboxylic acids is 2. The second-order valence-electron chi connectivity index (χ2n) is 9.27. The van der Waals surface area contributed by atoms with Crippen molar-refractivity contribution in [1.82, 2.24) is 20.0 Å². The fourth-order valence-electron chi connectivity index (χ4n) is 4.74. The van der Waals surface area contributed by atoms with Crippen LogP contribution in [-0.4, -0.2) is 123 Å². The fraction of sp³-hybridized carbons (Fsp3) is 0.654. The van der Waals surface area contributed by atoms with Crippen molar-refractivity contribution in [1.29, 1.82) is 0 Å². The van der Waals surface area contributed by atoms with Crippen LogP contribution in [0.1, 0.15) is 36.5 Å². The van der Waals surface area contributed by atoms with Crippen LogP contribution >= 0.6 is 0 Å².